The molecular formula is C17H11F3O2. The van der Waals surface area contributed by atoms with Gasteiger partial charge in [-0.3, -0.25) is 0 Å². The molecule has 0 aliphatic carbocycles. The molecule has 0 N–H and O–H groups in total. The summed E-state index contributed by atoms with van der Waals surface area (Å²) < 4.78 is 42.8. The first kappa shape index (κ1) is 14.4. The van der Waals surface area contributed by atoms with Crippen LogP contribution in [-0.2, 0) is 12.6 Å². The van der Waals surface area contributed by atoms with Gasteiger partial charge in [0.1, 0.15) is 5.76 Å². The fraction of sp³-hybridized carbons (Fsp3) is 0.118. The van der Waals surface area contributed by atoms with E-state index in [4.69, 9.17) is 4.42 Å². The average molecular weight is 304 g/mol. The van der Waals surface area contributed by atoms with Crippen molar-refractivity contribution in [3.63, 3.8) is 0 Å². The summed E-state index contributed by atoms with van der Waals surface area (Å²) in [6.07, 6.45) is -4.09. The van der Waals surface area contributed by atoms with Crippen LogP contribution in [0.15, 0.2) is 63.8 Å². The summed E-state index contributed by atoms with van der Waals surface area (Å²) >= 11 is 0. The number of hydrogen-bond acceptors (Lipinski definition) is 2. The van der Waals surface area contributed by atoms with Crippen LogP contribution in [0.3, 0.4) is 0 Å². The van der Waals surface area contributed by atoms with Crippen molar-refractivity contribution in [2.75, 3.05) is 0 Å². The normalized spacial score (nSPS) is 11.8. The minimum absolute atomic E-state index is 0.262. The highest BCUT2D eigenvalue weighted by Gasteiger charge is 2.29. The van der Waals surface area contributed by atoms with Crippen LogP contribution in [0.1, 0.15) is 16.9 Å². The lowest BCUT2D eigenvalue weighted by Gasteiger charge is -2.07. The van der Waals surface area contributed by atoms with Gasteiger partial charge >= 0.3 is 11.8 Å². The van der Waals surface area contributed by atoms with Crippen LogP contribution < -0.4 is 5.63 Å². The molecule has 0 saturated carbocycles. The van der Waals surface area contributed by atoms with E-state index in [0.717, 1.165) is 17.5 Å². The lowest BCUT2D eigenvalue weighted by Crippen LogP contribution is -2.05. The Bertz CT molecular complexity index is 861. The Morgan fingerprint density at radius 2 is 1.64 bits per heavy atom. The van der Waals surface area contributed by atoms with Crippen molar-refractivity contribution in [1.82, 2.24) is 0 Å². The molecule has 0 amide bonds. The van der Waals surface area contributed by atoms with E-state index in [9.17, 15) is 18.0 Å². The molecule has 1 heterocycles. The Kier molecular flexibility index (Phi) is 3.48. The van der Waals surface area contributed by atoms with Gasteiger partial charge in [0, 0.05) is 6.42 Å². The van der Waals surface area contributed by atoms with Crippen molar-refractivity contribution >= 4 is 10.8 Å². The number of benzene rings is 2. The summed E-state index contributed by atoms with van der Waals surface area (Å²) in [5, 5.41) is 1.24. The van der Waals surface area contributed by atoms with Gasteiger partial charge in [-0.05, 0) is 35.2 Å². The summed E-state index contributed by atoms with van der Waals surface area (Å²) in [7, 11) is 0. The molecule has 0 spiro atoms. The molecule has 2 aromatic carbocycles. The molecule has 0 aliphatic heterocycles. The maximum absolute atomic E-state index is 12.5. The van der Waals surface area contributed by atoms with Gasteiger partial charge in [0.2, 0.25) is 0 Å². The van der Waals surface area contributed by atoms with Crippen molar-refractivity contribution in [2.45, 2.75) is 12.6 Å². The second-order valence-corrected chi connectivity index (χ2v) is 4.96. The lowest BCUT2D eigenvalue weighted by molar-refractivity contribution is -0.137. The minimum atomic E-state index is -4.35. The zero-order valence-electron chi connectivity index (χ0n) is 11.4. The Balaban J connectivity index is 1.92. The molecule has 0 bridgehead atoms. The second kappa shape index (κ2) is 5.33. The Hall–Kier alpha value is -2.56. The Morgan fingerprint density at radius 1 is 0.955 bits per heavy atom. The summed E-state index contributed by atoms with van der Waals surface area (Å²) in [4.78, 5) is 11.9. The van der Waals surface area contributed by atoms with Crippen molar-refractivity contribution in [3.8, 4) is 0 Å². The zero-order chi connectivity index (χ0) is 15.7. The van der Waals surface area contributed by atoms with Gasteiger partial charge in [0.15, 0.2) is 0 Å². The molecule has 0 unspecified atom stereocenters. The quantitative estimate of drug-likeness (QED) is 0.702. The van der Waals surface area contributed by atoms with Gasteiger partial charge in [0.05, 0.1) is 10.9 Å². The molecule has 0 aliphatic rings. The number of fused-ring (bicyclic) bond motifs is 1. The fourth-order valence-electron chi connectivity index (χ4n) is 2.29. The molecule has 0 fully saturated rings. The molecule has 0 radical (unpaired) electrons. The van der Waals surface area contributed by atoms with E-state index in [1.807, 2.05) is 6.07 Å². The van der Waals surface area contributed by atoms with Crippen molar-refractivity contribution in [2.24, 2.45) is 0 Å². The molecule has 3 rings (SSSR count). The Morgan fingerprint density at radius 3 is 2.32 bits per heavy atom. The van der Waals surface area contributed by atoms with Crippen LogP contribution in [0.5, 0.6) is 0 Å². The van der Waals surface area contributed by atoms with Gasteiger partial charge in [0.25, 0.3) is 0 Å². The molecule has 0 saturated heterocycles. The summed E-state index contributed by atoms with van der Waals surface area (Å²) in [5.74, 6) is 0.420. The van der Waals surface area contributed by atoms with Crippen LogP contribution in [-0.4, -0.2) is 0 Å². The van der Waals surface area contributed by atoms with Gasteiger partial charge in [-0.25, -0.2) is 4.79 Å². The molecule has 1 aromatic heterocycles. The van der Waals surface area contributed by atoms with Crippen molar-refractivity contribution < 1.29 is 17.6 Å². The average Bonchev–Trinajstić information content (AvgIpc) is 2.47. The molecule has 0 atom stereocenters. The number of halogens is 3. The lowest BCUT2D eigenvalue weighted by atomic mass is 10.1. The third kappa shape index (κ3) is 2.88. The smallest absolute Gasteiger partial charge is 0.416 e. The third-order valence-electron chi connectivity index (χ3n) is 3.38. The monoisotopic (exact) mass is 304 g/mol. The molecule has 2 nitrogen and oxygen atoms in total. The predicted molar refractivity (Wildman–Crippen MR) is 76.7 cm³/mol. The van der Waals surface area contributed by atoms with Gasteiger partial charge in [-0.15, -0.1) is 0 Å². The van der Waals surface area contributed by atoms with Crippen LogP contribution in [0.4, 0.5) is 13.2 Å². The highest BCUT2D eigenvalue weighted by Crippen LogP contribution is 2.29. The fourth-order valence-corrected chi connectivity index (χ4v) is 2.29. The first-order valence-corrected chi connectivity index (χ1v) is 6.61. The summed E-state index contributed by atoms with van der Waals surface area (Å²) in [5.41, 5.74) is -0.498. The van der Waals surface area contributed by atoms with E-state index in [0.29, 0.717) is 16.7 Å². The van der Waals surface area contributed by atoms with Crippen molar-refractivity contribution in [3.05, 3.63) is 81.9 Å². The highest BCUT2D eigenvalue weighted by atomic mass is 19.4. The first-order chi connectivity index (χ1) is 10.4. The van der Waals surface area contributed by atoms with E-state index in [1.165, 1.54) is 12.1 Å². The first-order valence-electron chi connectivity index (χ1n) is 6.61. The number of hydrogen-bond donors (Lipinski definition) is 0. The molecule has 3 aromatic rings. The third-order valence-corrected chi connectivity index (χ3v) is 3.38. The molecular weight excluding hydrogens is 293 g/mol. The molecule has 112 valence electrons. The maximum Gasteiger partial charge on any atom is 0.416 e. The van der Waals surface area contributed by atoms with Crippen molar-refractivity contribution in [1.29, 1.82) is 0 Å². The van der Waals surface area contributed by atoms with Crippen LogP contribution in [0, 0.1) is 0 Å². The topological polar surface area (TPSA) is 30.2 Å². The summed E-state index contributed by atoms with van der Waals surface area (Å²) in [6, 6.07) is 13.6. The highest BCUT2D eigenvalue weighted by molar-refractivity contribution is 5.81. The maximum atomic E-state index is 12.5. The molecule has 5 heteroatoms. The molecule has 22 heavy (non-hydrogen) atoms. The standard InChI is InChI=1S/C17H11F3O2/c18-17(19,20)13-7-5-11(6-8-13)9-14-10-12-3-1-2-4-15(12)16(21)22-14/h1-8,10H,9H2. The van der Waals surface area contributed by atoms with Crippen LogP contribution in [0.2, 0.25) is 0 Å². The van der Waals surface area contributed by atoms with E-state index in [2.05, 4.69) is 0 Å². The van der Waals surface area contributed by atoms with E-state index < -0.39 is 17.4 Å². The van der Waals surface area contributed by atoms with Gasteiger partial charge in [-0.2, -0.15) is 13.2 Å². The SMILES string of the molecule is O=c1oc(Cc2ccc(C(F)(F)F)cc2)cc2ccccc12. The number of alkyl halides is 3. The van der Waals surface area contributed by atoms with E-state index in [1.54, 1.807) is 24.3 Å². The van der Waals surface area contributed by atoms with Gasteiger partial charge in [-0.1, -0.05) is 30.3 Å². The summed E-state index contributed by atoms with van der Waals surface area (Å²) in [6.45, 7) is 0. The minimum Gasteiger partial charge on any atom is -0.427 e. The van der Waals surface area contributed by atoms with E-state index in [-0.39, 0.29) is 6.42 Å². The van der Waals surface area contributed by atoms with Crippen LogP contribution in [0.25, 0.3) is 10.8 Å². The number of rotatable bonds is 2. The predicted octanol–water partition coefficient (Wildman–Crippen LogP) is 4.40. The van der Waals surface area contributed by atoms with Crippen LogP contribution >= 0.6 is 0 Å². The second-order valence-electron chi connectivity index (χ2n) is 4.96. The van der Waals surface area contributed by atoms with Gasteiger partial charge < -0.3 is 4.42 Å². The van der Waals surface area contributed by atoms with E-state index >= 15 is 0 Å². The largest absolute Gasteiger partial charge is 0.427 e. The zero-order valence-corrected chi connectivity index (χ0v) is 11.4. The Labute approximate surface area is 123 Å².